The molecule has 1 fully saturated rings. The zero-order valence-electron chi connectivity index (χ0n) is 32.9. The molecule has 3 aliphatic rings. The number of amides is 1. The van der Waals surface area contributed by atoms with Gasteiger partial charge in [-0.15, -0.1) is 18.3 Å². The number of allylic oxidation sites excluding steroid dienone is 1. The number of ether oxygens (including phenoxy) is 3. The first-order chi connectivity index (χ1) is 28.2. The minimum absolute atomic E-state index is 0.00185. The standard InChI is InChI=1S/C45H53N3O9S/c1-4-24-54-35-18-21-41-39(27-35)43-37(11-7-9-23-50)32(10-6-8-22-49)26-38-40(47-56-29-31-12-16-34(17-13-31)48(52)53)28-42(45(57-41,44(38)43)55-25-5-2)58-36-19-14-33(15-20-36)46-30(3)51/h4-5,12-21,26-27,32,37,42-44,49-50H,1-2,6-11,22-25,28-29H2,3H3,(H,46,51)/t32-,37+,42-,43+,44+,45+/m0/s1. The van der Waals surface area contributed by atoms with Crippen LogP contribution in [0.3, 0.4) is 0 Å². The number of nitrogens with zero attached hydrogens (tertiary/aromatic N) is 2. The van der Waals surface area contributed by atoms with E-state index in [4.69, 9.17) is 24.2 Å². The second-order valence-electron chi connectivity index (χ2n) is 14.9. The van der Waals surface area contributed by atoms with Crippen LogP contribution in [0.15, 0.2) is 114 Å². The number of unbranched alkanes of at least 4 members (excludes halogenated alkanes) is 2. The maximum atomic E-state index is 11.8. The Labute approximate surface area is 344 Å². The van der Waals surface area contributed by atoms with Crippen molar-refractivity contribution in [1.29, 1.82) is 0 Å². The van der Waals surface area contributed by atoms with E-state index in [1.165, 1.54) is 19.1 Å². The van der Waals surface area contributed by atoms with E-state index in [0.29, 0.717) is 43.1 Å². The normalized spacial score (nSPS) is 23.7. The molecule has 0 unspecified atom stereocenters. The Morgan fingerprint density at radius 1 is 1.02 bits per heavy atom. The molecular weight excluding hydrogens is 759 g/mol. The van der Waals surface area contributed by atoms with Gasteiger partial charge in [0.15, 0.2) is 0 Å². The van der Waals surface area contributed by atoms with E-state index in [-0.39, 0.29) is 66.9 Å². The number of aliphatic hydroxyl groups excluding tert-OH is 2. The number of oxime groups is 1. The zero-order chi connectivity index (χ0) is 41.1. The molecule has 2 aliphatic carbocycles. The first-order valence-corrected chi connectivity index (χ1v) is 20.8. The third kappa shape index (κ3) is 9.83. The van der Waals surface area contributed by atoms with Gasteiger partial charge in [0.1, 0.15) is 24.7 Å². The minimum Gasteiger partial charge on any atom is -0.490 e. The number of rotatable bonds is 21. The van der Waals surface area contributed by atoms with Crippen LogP contribution in [-0.2, 0) is 21.0 Å². The fourth-order valence-electron chi connectivity index (χ4n) is 8.55. The Morgan fingerprint density at radius 2 is 1.74 bits per heavy atom. The maximum absolute atomic E-state index is 11.8. The third-order valence-corrected chi connectivity index (χ3v) is 12.3. The molecule has 6 rings (SSSR count). The molecule has 1 saturated carbocycles. The van der Waals surface area contributed by atoms with Gasteiger partial charge in [-0.1, -0.05) is 42.8 Å². The van der Waals surface area contributed by atoms with Crippen LogP contribution in [-0.4, -0.2) is 64.2 Å². The number of hydrogen-bond donors (Lipinski definition) is 3. The number of nitrogens with one attached hydrogen (secondary N) is 1. The number of aliphatic hydroxyl groups is 2. The van der Waals surface area contributed by atoms with Crippen LogP contribution in [0.2, 0.25) is 0 Å². The van der Waals surface area contributed by atoms with Crippen LogP contribution in [0.25, 0.3) is 0 Å². The van der Waals surface area contributed by atoms with Crippen molar-refractivity contribution >= 4 is 34.8 Å². The van der Waals surface area contributed by atoms with Crippen molar-refractivity contribution in [2.45, 2.75) is 80.3 Å². The van der Waals surface area contributed by atoms with Crippen LogP contribution in [0, 0.1) is 27.9 Å². The smallest absolute Gasteiger partial charge is 0.269 e. The van der Waals surface area contributed by atoms with Crippen molar-refractivity contribution in [2.24, 2.45) is 22.9 Å². The summed E-state index contributed by atoms with van der Waals surface area (Å²) >= 11 is 1.61. The average Bonchev–Trinajstić information content (AvgIpc) is 3.22. The number of fused-ring (bicyclic) bond motifs is 2. The Hall–Kier alpha value is -4.95. The highest BCUT2D eigenvalue weighted by molar-refractivity contribution is 8.00. The van der Waals surface area contributed by atoms with Crippen molar-refractivity contribution in [2.75, 3.05) is 31.7 Å². The molecule has 1 heterocycles. The number of anilines is 1. The van der Waals surface area contributed by atoms with E-state index in [9.17, 15) is 25.1 Å². The molecule has 1 aliphatic heterocycles. The Morgan fingerprint density at radius 3 is 2.41 bits per heavy atom. The summed E-state index contributed by atoms with van der Waals surface area (Å²) in [6, 6.07) is 19.9. The average molecular weight is 812 g/mol. The highest BCUT2D eigenvalue weighted by Gasteiger charge is 2.64. The molecule has 0 spiro atoms. The lowest BCUT2D eigenvalue weighted by Gasteiger charge is -2.58. The summed E-state index contributed by atoms with van der Waals surface area (Å²) in [4.78, 5) is 29.7. The quantitative estimate of drug-likeness (QED) is 0.0411. The topological polar surface area (TPSA) is 162 Å². The number of carbonyl (C=O) groups excluding carboxylic acids is 1. The molecule has 3 N–H and O–H groups in total. The van der Waals surface area contributed by atoms with Crippen LogP contribution < -0.4 is 14.8 Å². The van der Waals surface area contributed by atoms with Crippen LogP contribution in [0.5, 0.6) is 11.5 Å². The number of thioether (sulfide) groups is 1. The summed E-state index contributed by atoms with van der Waals surface area (Å²) in [5.74, 6) is -0.190. The number of hydrogen-bond acceptors (Lipinski definition) is 11. The third-order valence-electron chi connectivity index (χ3n) is 11.0. The lowest BCUT2D eigenvalue weighted by atomic mass is 9.56. The van der Waals surface area contributed by atoms with Crippen molar-refractivity contribution < 1.29 is 39.0 Å². The summed E-state index contributed by atoms with van der Waals surface area (Å²) in [6.45, 7) is 10.2. The molecule has 58 heavy (non-hydrogen) atoms. The van der Waals surface area contributed by atoms with E-state index in [2.05, 4.69) is 30.6 Å². The SMILES string of the molecule is C=CCOc1ccc2c(c1)[C@H]1[C@H](CCCCO)[C@@H](CCCCO)C=C3C(=NOCc4ccc([N+](=O)[O-])cc4)C[C@H](Sc4ccc(NC(C)=O)cc4)[C@@](OCC=C)(O2)[C@H]31. The summed E-state index contributed by atoms with van der Waals surface area (Å²) in [5.41, 5.74) is 4.17. The fraction of sp³-hybridized carbons (Fsp3) is 0.422. The van der Waals surface area contributed by atoms with Gasteiger partial charge in [-0.3, -0.25) is 14.9 Å². The van der Waals surface area contributed by atoms with E-state index >= 15 is 0 Å². The summed E-state index contributed by atoms with van der Waals surface area (Å²) in [7, 11) is 0. The Kier molecular flexibility index (Phi) is 14.8. The fourth-order valence-corrected chi connectivity index (χ4v) is 9.84. The van der Waals surface area contributed by atoms with Gasteiger partial charge in [0.25, 0.3) is 5.69 Å². The first-order valence-electron chi connectivity index (χ1n) is 19.9. The molecule has 0 bridgehead atoms. The van der Waals surface area contributed by atoms with Crippen molar-refractivity contribution in [3.8, 4) is 11.5 Å². The Balaban J connectivity index is 1.51. The minimum atomic E-state index is -1.19. The second kappa shape index (κ2) is 20.1. The van der Waals surface area contributed by atoms with Crippen LogP contribution >= 0.6 is 11.8 Å². The molecule has 3 aromatic carbocycles. The van der Waals surface area contributed by atoms with Crippen LogP contribution in [0.4, 0.5) is 11.4 Å². The molecule has 0 saturated heterocycles. The molecule has 0 aromatic heterocycles. The largest absolute Gasteiger partial charge is 0.490 e. The Bertz CT molecular complexity index is 1970. The number of nitro benzene ring substituents is 1. The van der Waals surface area contributed by atoms with E-state index in [1.54, 1.807) is 36.0 Å². The lowest BCUT2D eigenvalue weighted by molar-refractivity contribution is -0.384. The number of non-ortho nitro benzene ring substituents is 1. The summed E-state index contributed by atoms with van der Waals surface area (Å²) in [6.07, 6.45) is 10.9. The predicted molar refractivity (Wildman–Crippen MR) is 225 cm³/mol. The molecule has 0 radical (unpaired) electrons. The van der Waals surface area contributed by atoms with Crippen molar-refractivity contribution in [1.82, 2.24) is 0 Å². The zero-order valence-corrected chi connectivity index (χ0v) is 33.7. The number of carbonyl (C=O) groups is 1. The van der Waals surface area contributed by atoms with E-state index < -0.39 is 10.7 Å². The molecule has 6 atom stereocenters. The van der Waals surface area contributed by atoms with Gasteiger partial charge < -0.3 is 34.6 Å². The maximum Gasteiger partial charge on any atom is 0.269 e. The van der Waals surface area contributed by atoms with Gasteiger partial charge in [0.05, 0.1) is 28.4 Å². The number of nitro groups is 1. The molecule has 12 nitrogen and oxygen atoms in total. The van der Waals surface area contributed by atoms with Gasteiger partial charge in [-0.25, -0.2) is 0 Å². The van der Waals surface area contributed by atoms with E-state index in [0.717, 1.165) is 53.0 Å². The van der Waals surface area contributed by atoms with Crippen LogP contribution in [0.1, 0.15) is 68.9 Å². The van der Waals surface area contributed by atoms with Gasteiger partial charge in [-0.05, 0) is 103 Å². The van der Waals surface area contributed by atoms with Gasteiger partial charge in [0.2, 0.25) is 11.7 Å². The highest BCUT2D eigenvalue weighted by Crippen LogP contribution is 2.63. The van der Waals surface area contributed by atoms with Crippen molar-refractivity contribution in [3.05, 3.63) is 125 Å². The molecule has 3 aromatic rings. The molecule has 308 valence electrons. The monoisotopic (exact) mass is 811 g/mol. The molecule has 13 heteroatoms. The number of benzene rings is 3. The first kappa shape index (κ1) is 42.7. The predicted octanol–water partition coefficient (Wildman–Crippen LogP) is 8.74. The van der Waals surface area contributed by atoms with Gasteiger partial charge >= 0.3 is 0 Å². The van der Waals surface area contributed by atoms with E-state index in [1.807, 2.05) is 36.4 Å². The highest BCUT2D eigenvalue weighted by atomic mass is 32.2. The summed E-state index contributed by atoms with van der Waals surface area (Å²) in [5, 5.41) is 38.3. The molecular formula is C45H53N3O9S. The van der Waals surface area contributed by atoms with Crippen molar-refractivity contribution in [3.63, 3.8) is 0 Å². The summed E-state index contributed by atoms with van der Waals surface area (Å²) < 4.78 is 20.4. The molecule has 1 amide bonds. The second-order valence-corrected chi connectivity index (χ2v) is 16.1. The van der Waals surface area contributed by atoms with Gasteiger partial charge in [-0.2, -0.15) is 0 Å². The lowest BCUT2D eigenvalue weighted by Crippen LogP contribution is -2.64. The van der Waals surface area contributed by atoms with Gasteiger partial charge in [0, 0.05) is 60.8 Å².